The largest absolute Gasteiger partial charge is 0.241 e. The Balaban J connectivity index is 1.91. The summed E-state index contributed by atoms with van der Waals surface area (Å²) in [5.74, 6) is -1.61. The normalized spacial score (nSPS) is 16.3. The lowest BCUT2D eigenvalue weighted by molar-refractivity contribution is 0.524. The minimum absolute atomic E-state index is 0.214. The predicted molar refractivity (Wildman–Crippen MR) is 83.3 cm³/mol. The van der Waals surface area contributed by atoms with Crippen molar-refractivity contribution >= 4 is 10.0 Å². The molecule has 0 aromatic heterocycles. The molecular formula is C17H17F2NO2S. The fourth-order valence-corrected chi connectivity index (χ4v) is 3.89. The van der Waals surface area contributed by atoms with E-state index in [9.17, 15) is 17.2 Å². The summed E-state index contributed by atoms with van der Waals surface area (Å²) in [6, 6.07) is 9.51. The van der Waals surface area contributed by atoms with E-state index in [1.165, 1.54) is 0 Å². The van der Waals surface area contributed by atoms with E-state index in [-0.39, 0.29) is 12.0 Å². The summed E-state index contributed by atoms with van der Waals surface area (Å²) in [6.07, 6.45) is 1.86. The summed E-state index contributed by atoms with van der Waals surface area (Å²) < 4.78 is 54.2. The molecule has 3 nitrogen and oxygen atoms in total. The molecule has 1 N–H and O–H groups in total. The second-order valence-corrected chi connectivity index (χ2v) is 7.67. The third kappa shape index (κ3) is 3.76. The van der Waals surface area contributed by atoms with Crippen LogP contribution >= 0.6 is 0 Å². The maximum absolute atomic E-state index is 13.3. The highest BCUT2D eigenvalue weighted by atomic mass is 32.2. The van der Waals surface area contributed by atoms with Crippen LogP contribution < -0.4 is 4.72 Å². The van der Waals surface area contributed by atoms with E-state index >= 15 is 0 Å². The van der Waals surface area contributed by atoms with Crippen LogP contribution in [0, 0.1) is 24.5 Å². The smallest absolute Gasteiger partial charge is 0.207 e. The van der Waals surface area contributed by atoms with Gasteiger partial charge in [-0.1, -0.05) is 29.8 Å². The van der Waals surface area contributed by atoms with Crippen molar-refractivity contribution in [3.05, 3.63) is 65.2 Å². The Morgan fingerprint density at radius 3 is 2.13 bits per heavy atom. The SMILES string of the molecule is Cc1ccc(C(NS(=O)(=O)c2cc(F)cc(F)c2)C2CC2)cc1. The van der Waals surface area contributed by atoms with Crippen molar-refractivity contribution in [1.29, 1.82) is 0 Å². The second kappa shape index (κ2) is 6.02. The number of hydrogen-bond donors (Lipinski definition) is 1. The van der Waals surface area contributed by atoms with Crippen LogP contribution in [0.4, 0.5) is 8.78 Å². The Morgan fingerprint density at radius 1 is 1.04 bits per heavy atom. The quantitative estimate of drug-likeness (QED) is 0.904. The van der Waals surface area contributed by atoms with Crippen molar-refractivity contribution in [2.75, 3.05) is 0 Å². The first-order chi connectivity index (χ1) is 10.8. The third-order valence-corrected chi connectivity index (χ3v) is 5.38. The zero-order chi connectivity index (χ0) is 16.6. The van der Waals surface area contributed by atoms with Crippen molar-refractivity contribution in [1.82, 2.24) is 4.72 Å². The average molecular weight is 337 g/mol. The molecule has 0 bridgehead atoms. The number of nitrogens with one attached hydrogen (secondary N) is 1. The van der Waals surface area contributed by atoms with Crippen molar-refractivity contribution in [2.24, 2.45) is 5.92 Å². The van der Waals surface area contributed by atoms with E-state index in [1.54, 1.807) is 0 Å². The van der Waals surface area contributed by atoms with Gasteiger partial charge in [-0.3, -0.25) is 0 Å². The zero-order valence-corrected chi connectivity index (χ0v) is 13.4. The van der Waals surface area contributed by atoms with Gasteiger partial charge in [0.05, 0.1) is 4.90 Å². The van der Waals surface area contributed by atoms with Gasteiger partial charge in [-0.2, -0.15) is 0 Å². The van der Waals surface area contributed by atoms with Gasteiger partial charge in [-0.25, -0.2) is 21.9 Å². The van der Waals surface area contributed by atoms with Crippen molar-refractivity contribution in [3.8, 4) is 0 Å². The van der Waals surface area contributed by atoms with Gasteiger partial charge in [0, 0.05) is 12.1 Å². The molecule has 2 aromatic rings. The van der Waals surface area contributed by atoms with Crippen molar-refractivity contribution in [3.63, 3.8) is 0 Å². The molecule has 23 heavy (non-hydrogen) atoms. The van der Waals surface area contributed by atoms with Crippen LogP contribution in [0.15, 0.2) is 47.4 Å². The number of rotatable bonds is 5. The number of benzene rings is 2. The highest BCUT2D eigenvalue weighted by Crippen LogP contribution is 2.41. The highest BCUT2D eigenvalue weighted by molar-refractivity contribution is 7.89. The van der Waals surface area contributed by atoms with Gasteiger partial charge in [0.1, 0.15) is 11.6 Å². The molecule has 0 aliphatic heterocycles. The molecular weight excluding hydrogens is 320 g/mol. The summed E-state index contributed by atoms with van der Waals surface area (Å²) in [7, 11) is -4.00. The molecule has 6 heteroatoms. The number of sulfonamides is 1. The van der Waals surface area contributed by atoms with Crippen LogP contribution in [0.25, 0.3) is 0 Å². The first-order valence-corrected chi connectivity index (χ1v) is 8.88. The molecule has 0 radical (unpaired) electrons. The molecule has 1 fully saturated rings. The van der Waals surface area contributed by atoms with Gasteiger partial charge in [0.25, 0.3) is 0 Å². The topological polar surface area (TPSA) is 46.2 Å². The van der Waals surface area contributed by atoms with Gasteiger partial charge in [-0.15, -0.1) is 0 Å². The fraction of sp³-hybridized carbons (Fsp3) is 0.294. The van der Waals surface area contributed by atoms with E-state index < -0.39 is 26.6 Å². The van der Waals surface area contributed by atoms with Gasteiger partial charge in [-0.05, 0) is 43.4 Å². The molecule has 0 spiro atoms. The molecule has 0 saturated heterocycles. The number of hydrogen-bond acceptors (Lipinski definition) is 2. The minimum atomic E-state index is -4.00. The molecule has 1 atom stereocenters. The Labute approximate surface area is 134 Å². The summed E-state index contributed by atoms with van der Waals surface area (Å²) in [6.45, 7) is 1.95. The lowest BCUT2D eigenvalue weighted by atomic mass is 10.0. The molecule has 0 amide bonds. The van der Waals surface area contributed by atoms with Crippen LogP contribution in [0.3, 0.4) is 0 Å². The van der Waals surface area contributed by atoms with Crippen LogP contribution in [0.5, 0.6) is 0 Å². The summed E-state index contributed by atoms with van der Waals surface area (Å²) in [5, 5.41) is 0. The van der Waals surface area contributed by atoms with Crippen LogP contribution in [0.1, 0.15) is 30.0 Å². The molecule has 1 aliphatic carbocycles. The van der Waals surface area contributed by atoms with E-state index in [0.717, 1.165) is 36.1 Å². The maximum atomic E-state index is 13.3. The van der Waals surface area contributed by atoms with Crippen LogP contribution in [-0.4, -0.2) is 8.42 Å². The molecule has 1 aliphatic rings. The molecule has 122 valence electrons. The average Bonchev–Trinajstić information content (AvgIpc) is 3.29. The zero-order valence-electron chi connectivity index (χ0n) is 12.6. The molecule has 1 saturated carbocycles. The standard InChI is InChI=1S/C17H17F2NO2S/c1-11-2-4-12(5-3-11)17(13-6-7-13)20-23(21,22)16-9-14(18)8-15(19)10-16/h2-5,8-10,13,17,20H,6-7H2,1H3. The third-order valence-electron chi connectivity index (χ3n) is 3.96. The van der Waals surface area contributed by atoms with Crippen molar-refractivity contribution in [2.45, 2.75) is 30.7 Å². The number of aryl methyl sites for hydroxylation is 1. The first-order valence-electron chi connectivity index (χ1n) is 7.40. The fourth-order valence-electron chi connectivity index (χ4n) is 2.56. The predicted octanol–water partition coefficient (Wildman–Crippen LogP) is 3.70. The maximum Gasteiger partial charge on any atom is 0.241 e. The van der Waals surface area contributed by atoms with E-state index in [1.807, 2.05) is 31.2 Å². The second-order valence-electron chi connectivity index (χ2n) is 5.95. The van der Waals surface area contributed by atoms with Crippen LogP contribution in [-0.2, 0) is 10.0 Å². The Hall–Kier alpha value is -1.79. The van der Waals surface area contributed by atoms with Crippen molar-refractivity contribution < 1.29 is 17.2 Å². The van der Waals surface area contributed by atoms with E-state index in [0.29, 0.717) is 6.07 Å². The summed E-state index contributed by atoms with van der Waals surface area (Å²) in [4.78, 5) is -0.396. The van der Waals surface area contributed by atoms with Crippen LogP contribution in [0.2, 0.25) is 0 Å². The van der Waals surface area contributed by atoms with E-state index in [2.05, 4.69) is 4.72 Å². The molecule has 0 heterocycles. The summed E-state index contributed by atoms with van der Waals surface area (Å²) >= 11 is 0. The Bertz CT molecular complexity index is 795. The van der Waals surface area contributed by atoms with Gasteiger partial charge in [0.2, 0.25) is 10.0 Å². The number of halogens is 2. The Kier molecular flexibility index (Phi) is 4.21. The lowest BCUT2D eigenvalue weighted by Gasteiger charge is -2.19. The highest BCUT2D eigenvalue weighted by Gasteiger charge is 2.35. The van der Waals surface area contributed by atoms with Gasteiger partial charge >= 0.3 is 0 Å². The lowest BCUT2D eigenvalue weighted by Crippen LogP contribution is -2.30. The molecule has 2 aromatic carbocycles. The van der Waals surface area contributed by atoms with E-state index in [4.69, 9.17) is 0 Å². The first kappa shape index (κ1) is 16.1. The Morgan fingerprint density at radius 2 is 1.61 bits per heavy atom. The molecule has 3 rings (SSSR count). The minimum Gasteiger partial charge on any atom is -0.207 e. The van der Waals surface area contributed by atoms with Gasteiger partial charge < -0.3 is 0 Å². The monoisotopic (exact) mass is 337 g/mol. The van der Waals surface area contributed by atoms with Gasteiger partial charge in [0.15, 0.2) is 0 Å². The summed E-state index contributed by atoms with van der Waals surface area (Å²) in [5.41, 5.74) is 1.94. The molecule has 1 unspecified atom stereocenters.